The smallest absolute Gasteiger partial charge is 0.219 e. The van der Waals surface area contributed by atoms with Crippen molar-refractivity contribution in [2.45, 2.75) is 0 Å². The van der Waals surface area contributed by atoms with Crippen molar-refractivity contribution in [2.75, 3.05) is 5.73 Å². The van der Waals surface area contributed by atoms with E-state index in [1.807, 2.05) is 0 Å². The minimum atomic E-state index is -0.637. The zero-order valence-corrected chi connectivity index (χ0v) is 7.61. The van der Waals surface area contributed by atoms with Crippen molar-refractivity contribution in [2.24, 2.45) is 0 Å². The third-order valence-corrected chi connectivity index (χ3v) is 1.87. The maximum atomic E-state index is 12.9. The van der Waals surface area contributed by atoms with E-state index in [-0.39, 0.29) is 5.95 Å². The molecule has 0 spiro atoms. The van der Waals surface area contributed by atoms with Gasteiger partial charge in [0.1, 0.15) is 11.6 Å². The number of anilines is 1. The van der Waals surface area contributed by atoms with Crippen LogP contribution in [0.1, 0.15) is 0 Å². The van der Waals surface area contributed by atoms with Gasteiger partial charge in [0, 0.05) is 24.0 Å². The normalized spacial score (nSPS) is 10.3. The topological polar surface area (TPSA) is 51.8 Å². The van der Waals surface area contributed by atoms with Crippen molar-refractivity contribution in [3.05, 3.63) is 42.2 Å². The number of nitrogens with two attached hydrogens (primary N) is 1. The first-order valence-electron chi connectivity index (χ1n) is 4.19. The van der Waals surface area contributed by atoms with E-state index < -0.39 is 11.6 Å². The van der Waals surface area contributed by atoms with Crippen LogP contribution in [0.4, 0.5) is 14.7 Å². The van der Waals surface area contributed by atoms with E-state index in [0.717, 1.165) is 6.07 Å². The molecule has 0 saturated heterocycles. The predicted molar refractivity (Wildman–Crippen MR) is 51.8 cm³/mol. The maximum absolute atomic E-state index is 12.9. The van der Waals surface area contributed by atoms with E-state index >= 15 is 0 Å². The first-order chi connectivity index (χ1) is 7.15. The molecule has 5 heteroatoms. The van der Waals surface area contributed by atoms with E-state index in [9.17, 15) is 8.78 Å². The van der Waals surface area contributed by atoms with Crippen LogP contribution in [0, 0.1) is 11.6 Å². The van der Waals surface area contributed by atoms with Crippen LogP contribution >= 0.6 is 0 Å². The van der Waals surface area contributed by atoms with Gasteiger partial charge in [0.25, 0.3) is 0 Å². The molecule has 0 bridgehead atoms. The number of nitrogens with zero attached hydrogens (tertiary/aromatic N) is 2. The van der Waals surface area contributed by atoms with Crippen molar-refractivity contribution in [1.29, 1.82) is 0 Å². The highest BCUT2D eigenvalue weighted by molar-refractivity contribution is 5.61. The van der Waals surface area contributed by atoms with Crippen LogP contribution in [-0.2, 0) is 0 Å². The average Bonchev–Trinajstić information content (AvgIpc) is 2.17. The van der Waals surface area contributed by atoms with E-state index in [0.29, 0.717) is 11.1 Å². The van der Waals surface area contributed by atoms with Crippen LogP contribution in [0.3, 0.4) is 0 Å². The van der Waals surface area contributed by atoms with Crippen LogP contribution in [0.15, 0.2) is 30.6 Å². The first kappa shape index (κ1) is 9.51. The Morgan fingerprint density at radius 3 is 1.93 bits per heavy atom. The number of aromatic nitrogens is 2. The zero-order valence-electron chi connectivity index (χ0n) is 7.61. The standard InChI is InChI=1S/C10H7F2N3/c11-8-1-6(2-9(12)3-8)7-4-14-10(13)15-5-7/h1-5H,(H2,13,14,15). The summed E-state index contributed by atoms with van der Waals surface area (Å²) in [6, 6.07) is 3.22. The van der Waals surface area contributed by atoms with E-state index in [4.69, 9.17) is 5.73 Å². The second-order valence-electron chi connectivity index (χ2n) is 2.99. The Morgan fingerprint density at radius 1 is 0.867 bits per heavy atom. The number of hydrogen-bond donors (Lipinski definition) is 1. The number of nitrogen functional groups attached to an aromatic ring is 1. The number of halogens is 2. The monoisotopic (exact) mass is 207 g/mol. The van der Waals surface area contributed by atoms with Gasteiger partial charge < -0.3 is 5.73 Å². The molecule has 0 fully saturated rings. The first-order valence-corrected chi connectivity index (χ1v) is 4.19. The fourth-order valence-electron chi connectivity index (χ4n) is 1.21. The van der Waals surface area contributed by atoms with Crippen LogP contribution in [-0.4, -0.2) is 9.97 Å². The van der Waals surface area contributed by atoms with E-state index in [1.54, 1.807) is 0 Å². The molecule has 2 N–H and O–H groups in total. The molecule has 76 valence electrons. The minimum absolute atomic E-state index is 0.121. The molecule has 0 amide bonds. The van der Waals surface area contributed by atoms with Gasteiger partial charge in [-0.2, -0.15) is 0 Å². The highest BCUT2D eigenvalue weighted by atomic mass is 19.1. The number of hydrogen-bond acceptors (Lipinski definition) is 3. The summed E-state index contributed by atoms with van der Waals surface area (Å²) in [6.45, 7) is 0. The summed E-state index contributed by atoms with van der Waals surface area (Å²) >= 11 is 0. The maximum Gasteiger partial charge on any atom is 0.219 e. The molecule has 0 saturated carbocycles. The largest absolute Gasteiger partial charge is 0.368 e. The van der Waals surface area contributed by atoms with Crippen LogP contribution < -0.4 is 5.73 Å². The Morgan fingerprint density at radius 2 is 1.40 bits per heavy atom. The Hall–Kier alpha value is -2.04. The van der Waals surface area contributed by atoms with E-state index in [2.05, 4.69) is 9.97 Å². The highest BCUT2D eigenvalue weighted by Gasteiger charge is 2.03. The van der Waals surface area contributed by atoms with Gasteiger partial charge in [-0.25, -0.2) is 18.7 Å². The third-order valence-electron chi connectivity index (χ3n) is 1.87. The van der Waals surface area contributed by atoms with Crippen LogP contribution in [0.2, 0.25) is 0 Å². The fraction of sp³-hybridized carbons (Fsp3) is 0. The van der Waals surface area contributed by atoms with Gasteiger partial charge in [-0.15, -0.1) is 0 Å². The molecule has 15 heavy (non-hydrogen) atoms. The lowest BCUT2D eigenvalue weighted by molar-refractivity contribution is 0.584. The van der Waals surface area contributed by atoms with Gasteiger partial charge in [0.2, 0.25) is 5.95 Å². The highest BCUT2D eigenvalue weighted by Crippen LogP contribution is 2.20. The number of benzene rings is 1. The summed E-state index contributed by atoms with van der Waals surface area (Å²) < 4.78 is 25.8. The van der Waals surface area contributed by atoms with Gasteiger partial charge in [0.05, 0.1) is 0 Å². The molecule has 1 heterocycles. The lowest BCUT2D eigenvalue weighted by Gasteiger charge is -2.01. The second-order valence-corrected chi connectivity index (χ2v) is 2.99. The summed E-state index contributed by atoms with van der Waals surface area (Å²) in [6.07, 6.45) is 2.83. The molecular weight excluding hydrogens is 200 g/mol. The summed E-state index contributed by atoms with van der Waals surface area (Å²) in [5.41, 5.74) is 6.19. The average molecular weight is 207 g/mol. The molecule has 2 rings (SSSR count). The lowest BCUT2D eigenvalue weighted by Crippen LogP contribution is -1.94. The molecule has 0 aliphatic heterocycles. The van der Waals surface area contributed by atoms with Gasteiger partial charge >= 0.3 is 0 Å². The number of rotatable bonds is 1. The van der Waals surface area contributed by atoms with Crippen molar-refractivity contribution < 1.29 is 8.78 Å². The minimum Gasteiger partial charge on any atom is -0.368 e. The molecule has 0 atom stereocenters. The van der Waals surface area contributed by atoms with Gasteiger partial charge in [0.15, 0.2) is 0 Å². The van der Waals surface area contributed by atoms with Gasteiger partial charge in [-0.3, -0.25) is 0 Å². The Balaban J connectivity index is 2.49. The molecule has 2 aromatic rings. The molecule has 1 aromatic carbocycles. The van der Waals surface area contributed by atoms with Gasteiger partial charge in [-0.1, -0.05) is 0 Å². The summed E-state index contributed by atoms with van der Waals surface area (Å²) in [4.78, 5) is 7.47. The lowest BCUT2D eigenvalue weighted by atomic mass is 10.1. The van der Waals surface area contributed by atoms with Gasteiger partial charge in [-0.05, 0) is 17.7 Å². The van der Waals surface area contributed by atoms with Crippen LogP contribution in [0.5, 0.6) is 0 Å². The second kappa shape index (κ2) is 3.61. The van der Waals surface area contributed by atoms with Crippen LogP contribution in [0.25, 0.3) is 11.1 Å². The summed E-state index contributed by atoms with van der Waals surface area (Å²) in [5.74, 6) is -1.15. The molecule has 0 unspecified atom stereocenters. The zero-order chi connectivity index (χ0) is 10.8. The molecule has 1 aromatic heterocycles. The fourth-order valence-corrected chi connectivity index (χ4v) is 1.21. The Labute approximate surface area is 84.6 Å². The Kier molecular flexibility index (Phi) is 2.29. The van der Waals surface area contributed by atoms with E-state index in [1.165, 1.54) is 24.5 Å². The SMILES string of the molecule is Nc1ncc(-c2cc(F)cc(F)c2)cn1. The quantitative estimate of drug-likeness (QED) is 0.778. The predicted octanol–water partition coefficient (Wildman–Crippen LogP) is 2.00. The van der Waals surface area contributed by atoms with Crippen molar-refractivity contribution >= 4 is 5.95 Å². The van der Waals surface area contributed by atoms with Crippen molar-refractivity contribution in [1.82, 2.24) is 9.97 Å². The van der Waals surface area contributed by atoms with Crippen molar-refractivity contribution in [3.63, 3.8) is 0 Å². The molecule has 0 radical (unpaired) electrons. The molecule has 3 nitrogen and oxygen atoms in total. The molecule has 0 aliphatic rings. The summed E-state index contributed by atoms with van der Waals surface area (Å²) in [7, 11) is 0. The molecule has 0 aliphatic carbocycles. The summed E-state index contributed by atoms with van der Waals surface area (Å²) in [5, 5.41) is 0. The molecular formula is C10H7F2N3. The Bertz CT molecular complexity index is 462. The van der Waals surface area contributed by atoms with Crippen molar-refractivity contribution in [3.8, 4) is 11.1 Å². The third kappa shape index (κ3) is 2.07.